The standard InChI is InChI=1S/C11H17F3N4O/c1-6(2)4-5-8-9(10(15)19)16-17-18(8)7(3)11(12,13)14/h6-7H,4-5H2,1-3H3,(H2,15,19). The average molecular weight is 278 g/mol. The zero-order valence-corrected chi connectivity index (χ0v) is 11.0. The molecule has 1 atom stereocenters. The molecule has 0 fully saturated rings. The lowest BCUT2D eigenvalue weighted by Gasteiger charge is -2.18. The van der Waals surface area contributed by atoms with Crippen molar-refractivity contribution in [3.05, 3.63) is 11.4 Å². The molecule has 1 heterocycles. The maximum atomic E-state index is 12.7. The Morgan fingerprint density at radius 2 is 1.95 bits per heavy atom. The van der Waals surface area contributed by atoms with E-state index in [0.29, 0.717) is 6.42 Å². The van der Waals surface area contributed by atoms with E-state index in [1.807, 2.05) is 13.8 Å². The van der Waals surface area contributed by atoms with Crippen molar-refractivity contribution >= 4 is 5.91 Å². The Morgan fingerprint density at radius 1 is 1.37 bits per heavy atom. The van der Waals surface area contributed by atoms with Crippen molar-refractivity contribution in [2.45, 2.75) is 45.8 Å². The van der Waals surface area contributed by atoms with Crippen LogP contribution in [0.4, 0.5) is 13.2 Å². The van der Waals surface area contributed by atoms with Crippen LogP contribution in [0.15, 0.2) is 0 Å². The predicted octanol–water partition coefficient (Wildman–Crippen LogP) is 2.09. The molecule has 1 aromatic heterocycles. The van der Waals surface area contributed by atoms with Gasteiger partial charge in [-0.3, -0.25) is 4.79 Å². The fraction of sp³-hybridized carbons (Fsp3) is 0.727. The van der Waals surface area contributed by atoms with E-state index in [1.54, 1.807) is 0 Å². The Labute approximate surface area is 109 Å². The fourth-order valence-corrected chi connectivity index (χ4v) is 1.61. The molecule has 0 saturated carbocycles. The largest absolute Gasteiger partial charge is 0.410 e. The normalized spacial score (nSPS) is 13.8. The summed E-state index contributed by atoms with van der Waals surface area (Å²) in [6.07, 6.45) is -3.54. The van der Waals surface area contributed by atoms with E-state index in [1.165, 1.54) is 0 Å². The Bertz CT molecular complexity index is 453. The second kappa shape index (κ2) is 5.58. The molecule has 0 aliphatic carbocycles. The molecule has 1 rings (SSSR count). The Kier molecular flexibility index (Phi) is 4.54. The maximum absolute atomic E-state index is 12.7. The van der Waals surface area contributed by atoms with E-state index < -0.39 is 18.1 Å². The summed E-state index contributed by atoms with van der Waals surface area (Å²) >= 11 is 0. The van der Waals surface area contributed by atoms with Crippen molar-refractivity contribution in [2.75, 3.05) is 0 Å². The van der Waals surface area contributed by atoms with Gasteiger partial charge in [-0.1, -0.05) is 19.1 Å². The van der Waals surface area contributed by atoms with Gasteiger partial charge in [0.2, 0.25) is 0 Å². The van der Waals surface area contributed by atoms with Gasteiger partial charge < -0.3 is 5.73 Å². The van der Waals surface area contributed by atoms with Crippen LogP contribution < -0.4 is 5.73 Å². The number of rotatable bonds is 5. The van der Waals surface area contributed by atoms with Gasteiger partial charge in [0.15, 0.2) is 5.69 Å². The summed E-state index contributed by atoms with van der Waals surface area (Å²) in [5, 5.41) is 6.89. The molecular weight excluding hydrogens is 261 g/mol. The average Bonchev–Trinajstić information content (AvgIpc) is 2.67. The highest BCUT2D eigenvalue weighted by Crippen LogP contribution is 2.31. The first kappa shape index (κ1) is 15.5. The van der Waals surface area contributed by atoms with Crippen molar-refractivity contribution in [1.82, 2.24) is 15.0 Å². The lowest BCUT2D eigenvalue weighted by molar-refractivity contribution is -0.166. The van der Waals surface area contributed by atoms with Crippen LogP contribution in [0.2, 0.25) is 0 Å². The van der Waals surface area contributed by atoms with Crippen molar-refractivity contribution in [3.8, 4) is 0 Å². The number of aromatic nitrogens is 3. The second-order valence-electron chi connectivity index (χ2n) is 4.84. The molecule has 1 aromatic rings. The van der Waals surface area contributed by atoms with E-state index in [2.05, 4.69) is 10.3 Å². The first-order chi connectivity index (χ1) is 8.64. The number of alkyl halides is 3. The van der Waals surface area contributed by atoms with E-state index in [9.17, 15) is 18.0 Å². The van der Waals surface area contributed by atoms with Gasteiger partial charge in [-0.25, -0.2) is 4.68 Å². The van der Waals surface area contributed by atoms with Crippen LogP contribution in [0.25, 0.3) is 0 Å². The van der Waals surface area contributed by atoms with Crippen molar-refractivity contribution in [1.29, 1.82) is 0 Å². The topological polar surface area (TPSA) is 73.8 Å². The van der Waals surface area contributed by atoms with Crippen LogP contribution in [-0.2, 0) is 6.42 Å². The first-order valence-electron chi connectivity index (χ1n) is 5.95. The van der Waals surface area contributed by atoms with E-state index >= 15 is 0 Å². The van der Waals surface area contributed by atoms with Crippen LogP contribution in [0, 0.1) is 5.92 Å². The summed E-state index contributed by atoms with van der Waals surface area (Å²) in [6.45, 7) is 4.84. The van der Waals surface area contributed by atoms with Crippen LogP contribution in [0.3, 0.4) is 0 Å². The lowest BCUT2D eigenvalue weighted by atomic mass is 10.0. The summed E-state index contributed by atoms with van der Waals surface area (Å²) in [5.41, 5.74) is 5.07. The van der Waals surface area contributed by atoms with Gasteiger partial charge in [0, 0.05) is 0 Å². The van der Waals surface area contributed by atoms with Crippen LogP contribution in [0.1, 0.15) is 49.4 Å². The summed E-state index contributed by atoms with van der Waals surface area (Å²) in [7, 11) is 0. The highest BCUT2D eigenvalue weighted by Gasteiger charge is 2.40. The number of nitrogens with two attached hydrogens (primary N) is 1. The molecule has 8 heteroatoms. The van der Waals surface area contributed by atoms with Crippen LogP contribution >= 0.6 is 0 Å². The molecule has 1 unspecified atom stereocenters. The molecule has 0 aliphatic heterocycles. The molecule has 0 aromatic carbocycles. The number of primary amides is 1. The number of nitrogens with zero attached hydrogens (tertiary/aromatic N) is 3. The Hall–Kier alpha value is -1.60. The maximum Gasteiger partial charge on any atom is 0.410 e. The number of carbonyl (C=O) groups excluding carboxylic acids is 1. The minimum Gasteiger partial charge on any atom is -0.364 e. The second-order valence-corrected chi connectivity index (χ2v) is 4.84. The minimum absolute atomic E-state index is 0.144. The molecule has 0 saturated heterocycles. The number of halogens is 3. The predicted molar refractivity (Wildman–Crippen MR) is 62.5 cm³/mol. The van der Waals surface area contributed by atoms with Crippen LogP contribution in [-0.4, -0.2) is 27.1 Å². The van der Waals surface area contributed by atoms with E-state index in [4.69, 9.17) is 5.73 Å². The summed E-state index contributed by atoms with van der Waals surface area (Å²) in [4.78, 5) is 11.2. The first-order valence-corrected chi connectivity index (χ1v) is 5.95. The highest BCUT2D eigenvalue weighted by molar-refractivity contribution is 5.91. The Morgan fingerprint density at radius 3 is 2.37 bits per heavy atom. The molecule has 108 valence electrons. The lowest BCUT2D eigenvalue weighted by Crippen LogP contribution is -2.27. The summed E-state index contributed by atoms with van der Waals surface area (Å²) < 4.78 is 38.9. The third kappa shape index (κ3) is 3.68. The molecule has 0 bridgehead atoms. The third-order valence-electron chi connectivity index (χ3n) is 2.82. The fourth-order valence-electron chi connectivity index (χ4n) is 1.61. The van der Waals surface area contributed by atoms with Gasteiger partial charge in [0.25, 0.3) is 5.91 Å². The zero-order valence-electron chi connectivity index (χ0n) is 11.0. The minimum atomic E-state index is -4.45. The molecule has 19 heavy (non-hydrogen) atoms. The van der Waals surface area contributed by atoms with E-state index in [0.717, 1.165) is 11.6 Å². The Balaban J connectivity index is 3.14. The van der Waals surface area contributed by atoms with Gasteiger partial charge in [-0.05, 0) is 25.7 Å². The zero-order chi connectivity index (χ0) is 14.8. The monoisotopic (exact) mass is 278 g/mol. The molecule has 0 radical (unpaired) electrons. The smallest absolute Gasteiger partial charge is 0.364 e. The molecule has 2 N–H and O–H groups in total. The molecular formula is C11H17F3N4O. The number of carbonyl (C=O) groups is 1. The van der Waals surface area contributed by atoms with Gasteiger partial charge in [0.05, 0.1) is 5.69 Å². The van der Waals surface area contributed by atoms with E-state index in [-0.39, 0.29) is 23.7 Å². The number of amides is 1. The van der Waals surface area contributed by atoms with Crippen molar-refractivity contribution < 1.29 is 18.0 Å². The van der Waals surface area contributed by atoms with Crippen LogP contribution in [0.5, 0.6) is 0 Å². The summed E-state index contributed by atoms with van der Waals surface area (Å²) in [6, 6.07) is -1.84. The SMILES string of the molecule is CC(C)CCc1c(C(N)=O)nnn1C(C)C(F)(F)F. The number of hydrogen-bond donors (Lipinski definition) is 1. The van der Waals surface area contributed by atoms with Gasteiger partial charge in [0.1, 0.15) is 6.04 Å². The van der Waals surface area contributed by atoms with Crippen molar-refractivity contribution in [2.24, 2.45) is 11.7 Å². The quantitative estimate of drug-likeness (QED) is 0.896. The van der Waals surface area contributed by atoms with Gasteiger partial charge >= 0.3 is 6.18 Å². The molecule has 5 nitrogen and oxygen atoms in total. The van der Waals surface area contributed by atoms with Crippen molar-refractivity contribution in [3.63, 3.8) is 0 Å². The molecule has 0 aliphatic rings. The molecule has 1 amide bonds. The molecule has 0 spiro atoms. The number of hydrogen-bond acceptors (Lipinski definition) is 3. The highest BCUT2D eigenvalue weighted by atomic mass is 19.4. The summed E-state index contributed by atoms with van der Waals surface area (Å²) in [5.74, 6) is -0.579. The third-order valence-corrected chi connectivity index (χ3v) is 2.82. The van der Waals surface area contributed by atoms with Gasteiger partial charge in [-0.2, -0.15) is 13.2 Å². The van der Waals surface area contributed by atoms with Gasteiger partial charge in [-0.15, -0.1) is 5.10 Å².